The third kappa shape index (κ3) is 2.97. The van der Waals surface area contributed by atoms with E-state index in [1.807, 2.05) is 0 Å². The molecule has 1 heteroatoms. The van der Waals surface area contributed by atoms with Gasteiger partial charge in [0.05, 0.1) is 6.07 Å². The van der Waals surface area contributed by atoms with Crippen molar-refractivity contribution in [2.45, 2.75) is 53.4 Å². The summed E-state index contributed by atoms with van der Waals surface area (Å²) in [5.74, 6) is 3.79. The predicted molar refractivity (Wildman–Crippen MR) is 64.2 cm³/mol. The summed E-state index contributed by atoms with van der Waals surface area (Å²) < 4.78 is 0. The third-order valence-corrected chi connectivity index (χ3v) is 4.13. The zero-order valence-electron chi connectivity index (χ0n) is 10.7. The van der Waals surface area contributed by atoms with Gasteiger partial charge in [-0.05, 0) is 42.4 Å². The third-order valence-electron chi connectivity index (χ3n) is 4.13. The van der Waals surface area contributed by atoms with Gasteiger partial charge in [-0.2, -0.15) is 5.26 Å². The molecule has 1 saturated carbocycles. The quantitative estimate of drug-likeness (QED) is 0.679. The van der Waals surface area contributed by atoms with Crippen LogP contribution >= 0.6 is 0 Å². The first kappa shape index (κ1) is 12.6. The molecule has 0 saturated heterocycles. The molecule has 1 rings (SSSR count). The van der Waals surface area contributed by atoms with Crippen LogP contribution in [0.2, 0.25) is 0 Å². The zero-order chi connectivity index (χ0) is 11.4. The standard InChI is InChI=1S/C14H25N/c1-10(2)13-7-5-6-12(8-9-15)14(13)11(3)4/h10-14H,5-8H2,1-4H3. The van der Waals surface area contributed by atoms with Gasteiger partial charge in [-0.25, -0.2) is 0 Å². The normalized spacial score (nSPS) is 31.9. The number of rotatable bonds is 3. The van der Waals surface area contributed by atoms with Crippen molar-refractivity contribution in [1.82, 2.24) is 0 Å². The molecule has 0 spiro atoms. The Balaban J connectivity index is 2.76. The Hall–Kier alpha value is -0.510. The molecule has 0 aromatic carbocycles. The average molecular weight is 207 g/mol. The number of nitrogens with zero attached hydrogens (tertiary/aromatic N) is 1. The Bertz CT molecular complexity index is 224. The van der Waals surface area contributed by atoms with E-state index in [2.05, 4.69) is 33.8 Å². The van der Waals surface area contributed by atoms with Crippen molar-refractivity contribution in [3.63, 3.8) is 0 Å². The molecule has 0 radical (unpaired) electrons. The van der Waals surface area contributed by atoms with Crippen molar-refractivity contribution in [2.24, 2.45) is 29.6 Å². The highest BCUT2D eigenvalue weighted by Crippen LogP contribution is 2.44. The van der Waals surface area contributed by atoms with Crippen molar-refractivity contribution in [1.29, 1.82) is 5.26 Å². The SMILES string of the molecule is CC(C)C1CCCC(CC#N)C1C(C)C. The monoisotopic (exact) mass is 207 g/mol. The molecule has 3 atom stereocenters. The average Bonchev–Trinajstić information content (AvgIpc) is 2.17. The zero-order valence-corrected chi connectivity index (χ0v) is 10.7. The van der Waals surface area contributed by atoms with Gasteiger partial charge in [0.25, 0.3) is 0 Å². The summed E-state index contributed by atoms with van der Waals surface area (Å²) in [5.41, 5.74) is 0. The van der Waals surface area contributed by atoms with E-state index in [4.69, 9.17) is 5.26 Å². The molecule has 0 aromatic heterocycles. The topological polar surface area (TPSA) is 23.8 Å². The summed E-state index contributed by atoms with van der Waals surface area (Å²) in [7, 11) is 0. The Morgan fingerprint density at radius 2 is 1.80 bits per heavy atom. The maximum absolute atomic E-state index is 8.89. The number of hydrogen-bond acceptors (Lipinski definition) is 1. The molecule has 86 valence electrons. The minimum atomic E-state index is 0.663. The van der Waals surface area contributed by atoms with Crippen LogP contribution in [0.3, 0.4) is 0 Å². The first-order valence-corrected chi connectivity index (χ1v) is 6.44. The highest BCUT2D eigenvalue weighted by atomic mass is 14.4. The highest BCUT2D eigenvalue weighted by molar-refractivity contribution is 4.89. The molecule has 1 aliphatic carbocycles. The summed E-state index contributed by atoms with van der Waals surface area (Å²) in [6.07, 6.45) is 4.76. The lowest BCUT2D eigenvalue weighted by molar-refractivity contribution is 0.0757. The Morgan fingerprint density at radius 3 is 2.27 bits per heavy atom. The molecule has 0 aromatic rings. The molecule has 0 N–H and O–H groups in total. The van der Waals surface area contributed by atoms with Gasteiger partial charge in [-0.1, -0.05) is 34.1 Å². The van der Waals surface area contributed by atoms with Crippen LogP contribution in [0.1, 0.15) is 53.4 Å². The van der Waals surface area contributed by atoms with Crippen molar-refractivity contribution in [2.75, 3.05) is 0 Å². The first-order chi connectivity index (χ1) is 7.07. The fraction of sp³-hybridized carbons (Fsp3) is 0.929. The fourth-order valence-corrected chi connectivity index (χ4v) is 3.52. The van der Waals surface area contributed by atoms with Gasteiger partial charge in [0.1, 0.15) is 0 Å². The second-order valence-electron chi connectivity index (χ2n) is 5.78. The maximum Gasteiger partial charge on any atom is 0.0624 e. The maximum atomic E-state index is 8.89. The van der Waals surface area contributed by atoms with Crippen LogP contribution in [0.4, 0.5) is 0 Å². The second kappa shape index (κ2) is 5.54. The number of nitriles is 1. The summed E-state index contributed by atoms with van der Waals surface area (Å²) in [5, 5.41) is 8.89. The first-order valence-electron chi connectivity index (χ1n) is 6.44. The Morgan fingerprint density at radius 1 is 1.13 bits per heavy atom. The van der Waals surface area contributed by atoms with Crippen molar-refractivity contribution < 1.29 is 0 Å². The lowest BCUT2D eigenvalue weighted by atomic mass is 9.63. The molecular weight excluding hydrogens is 182 g/mol. The van der Waals surface area contributed by atoms with E-state index >= 15 is 0 Å². The van der Waals surface area contributed by atoms with Crippen LogP contribution < -0.4 is 0 Å². The molecule has 1 fully saturated rings. The van der Waals surface area contributed by atoms with E-state index < -0.39 is 0 Å². The molecule has 0 heterocycles. The lowest BCUT2D eigenvalue weighted by Crippen LogP contribution is -2.34. The van der Waals surface area contributed by atoms with Gasteiger partial charge in [0.15, 0.2) is 0 Å². The molecule has 0 amide bonds. The minimum Gasteiger partial charge on any atom is -0.198 e. The van der Waals surface area contributed by atoms with E-state index in [0.29, 0.717) is 5.92 Å². The van der Waals surface area contributed by atoms with E-state index in [9.17, 15) is 0 Å². The van der Waals surface area contributed by atoms with Crippen LogP contribution in [0.15, 0.2) is 0 Å². The molecule has 0 aliphatic heterocycles. The van der Waals surface area contributed by atoms with Crippen molar-refractivity contribution in [3.05, 3.63) is 0 Å². The molecule has 1 nitrogen and oxygen atoms in total. The van der Waals surface area contributed by atoms with Gasteiger partial charge in [-0.3, -0.25) is 0 Å². The van der Waals surface area contributed by atoms with Gasteiger partial charge in [0.2, 0.25) is 0 Å². The van der Waals surface area contributed by atoms with E-state index in [1.165, 1.54) is 19.3 Å². The minimum absolute atomic E-state index is 0.663. The largest absolute Gasteiger partial charge is 0.198 e. The van der Waals surface area contributed by atoms with Crippen LogP contribution in [0.25, 0.3) is 0 Å². The van der Waals surface area contributed by atoms with Gasteiger partial charge in [0, 0.05) is 6.42 Å². The molecule has 15 heavy (non-hydrogen) atoms. The predicted octanol–water partition coefficient (Wildman–Crippen LogP) is 4.24. The van der Waals surface area contributed by atoms with E-state index in [1.54, 1.807) is 0 Å². The van der Waals surface area contributed by atoms with E-state index in [-0.39, 0.29) is 0 Å². The summed E-state index contributed by atoms with van der Waals surface area (Å²) >= 11 is 0. The lowest BCUT2D eigenvalue weighted by Gasteiger charge is -2.42. The molecule has 3 unspecified atom stereocenters. The van der Waals surface area contributed by atoms with Gasteiger partial charge in [-0.15, -0.1) is 0 Å². The molecule has 1 aliphatic rings. The smallest absolute Gasteiger partial charge is 0.0624 e. The van der Waals surface area contributed by atoms with Crippen LogP contribution in [-0.2, 0) is 0 Å². The van der Waals surface area contributed by atoms with Gasteiger partial charge < -0.3 is 0 Å². The number of hydrogen-bond donors (Lipinski definition) is 0. The fourth-order valence-electron chi connectivity index (χ4n) is 3.52. The van der Waals surface area contributed by atoms with E-state index in [0.717, 1.165) is 30.1 Å². The van der Waals surface area contributed by atoms with Crippen LogP contribution in [0.5, 0.6) is 0 Å². The van der Waals surface area contributed by atoms with Gasteiger partial charge >= 0.3 is 0 Å². The Labute approximate surface area is 94.9 Å². The summed E-state index contributed by atoms with van der Waals surface area (Å²) in [6, 6.07) is 2.38. The molecule has 0 bridgehead atoms. The van der Waals surface area contributed by atoms with Crippen LogP contribution in [-0.4, -0.2) is 0 Å². The Kier molecular flexibility index (Phi) is 4.64. The molecular formula is C14H25N. The van der Waals surface area contributed by atoms with Crippen molar-refractivity contribution in [3.8, 4) is 6.07 Å². The summed E-state index contributed by atoms with van der Waals surface area (Å²) in [6.45, 7) is 9.34. The highest BCUT2D eigenvalue weighted by Gasteiger charge is 2.36. The van der Waals surface area contributed by atoms with Crippen LogP contribution in [0, 0.1) is 40.9 Å². The second-order valence-corrected chi connectivity index (χ2v) is 5.78. The van der Waals surface area contributed by atoms with Crippen molar-refractivity contribution >= 4 is 0 Å². The summed E-state index contributed by atoms with van der Waals surface area (Å²) in [4.78, 5) is 0.